The number of benzene rings is 1. The number of hydrogen-bond donors (Lipinski definition) is 0. The molecule has 0 amide bonds. The third kappa shape index (κ3) is 8.89. The van der Waals surface area contributed by atoms with Crippen molar-refractivity contribution in [1.29, 1.82) is 0 Å². The van der Waals surface area contributed by atoms with E-state index in [0.29, 0.717) is 5.92 Å². The van der Waals surface area contributed by atoms with Gasteiger partial charge in [0.25, 0.3) is 0 Å². The summed E-state index contributed by atoms with van der Waals surface area (Å²) in [7, 11) is 1.72. The number of allylic oxidation sites excluding steroid dienone is 2. The van der Waals surface area contributed by atoms with Crippen LogP contribution in [0.5, 0.6) is 5.75 Å². The predicted molar refractivity (Wildman–Crippen MR) is 124 cm³/mol. The van der Waals surface area contributed by atoms with Crippen LogP contribution in [0.15, 0.2) is 44.9 Å². The van der Waals surface area contributed by atoms with Gasteiger partial charge in [0.05, 0.1) is 7.11 Å². The molecule has 0 aromatic heterocycles. The first-order valence-electron chi connectivity index (χ1n) is 8.77. The van der Waals surface area contributed by atoms with Gasteiger partial charge in [-0.3, -0.25) is 0 Å². The first-order valence-corrected chi connectivity index (χ1v) is 12.7. The van der Waals surface area contributed by atoms with Crippen LogP contribution in [0.25, 0.3) is 0 Å². The van der Waals surface area contributed by atoms with E-state index in [1.807, 2.05) is 47.0 Å². The molecule has 0 unspecified atom stereocenters. The highest BCUT2D eigenvalue weighted by atomic mass is 32.2. The van der Waals surface area contributed by atoms with Gasteiger partial charge in [0.2, 0.25) is 0 Å². The van der Waals surface area contributed by atoms with Crippen LogP contribution in [0.3, 0.4) is 0 Å². The average molecular weight is 415 g/mol. The summed E-state index contributed by atoms with van der Waals surface area (Å²) in [5, 5.41) is 0. The molecule has 0 fully saturated rings. The molecule has 0 aliphatic heterocycles. The molecule has 0 heterocycles. The molecule has 1 aromatic carbocycles. The SMILES string of the molecule is CCSC(=CC(C=C(SCC)SCC)c1ccc(OC)cc1)SCC. The van der Waals surface area contributed by atoms with Gasteiger partial charge in [-0.25, -0.2) is 0 Å². The van der Waals surface area contributed by atoms with E-state index in [4.69, 9.17) is 4.74 Å². The van der Waals surface area contributed by atoms with Gasteiger partial charge in [-0.05, 0) is 40.7 Å². The molecule has 25 heavy (non-hydrogen) atoms. The summed E-state index contributed by atoms with van der Waals surface area (Å²) >= 11 is 7.77. The molecule has 1 nitrogen and oxygen atoms in total. The molecule has 1 rings (SSSR count). The standard InChI is InChI=1S/C20H30OS4/c1-6-22-19(23-7-2)14-17(15-20(24-8-3)25-9-4)16-10-12-18(21-5)13-11-16/h10-15,17H,6-9H2,1-5H3. The summed E-state index contributed by atoms with van der Waals surface area (Å²) in [5.41, 5.74) is 1.32. The summed E-state index contributed by atoms with van der Waals surface area (Å²) in [4.78, 5) is 0. The van der Waals surface area contributed by atoms with Crippen LogP contribution < -0.4 is 4.74 Å². The Balaban J connectivity index is 3.22. The first kappa shape index (κ1) is 22.9. The quantitative estimate of drug-likeness (QED) is 0.349. The van der Waals surface area contributed by atoms with Crippen LogP contribution >= 0.6 is 47.0 Å². The molecule has 0 saturated carbocycles. The van der Waals surface area contributed by atoms with E-state index in [1.165, 1.54) is 14.0 Å². The number of methoxy groups -OCH3 is 1. The highest BCUT2D eigenvalue weighted by Crippen LogP contribution is 2.37. The van der Waals surface area contributed by atoms with Crippen LogP contribution in [0.2, 0.25) is 0 Å². The Morgan fingerprint density at radius 2 is 1.20 bits per heavy atom. The van der Waals surface area contributed by atoms with E-state index in [2.05, 4.69) is 64.1 Å². The van der Waals surface area contributed by atoms with E-state index in [-0.39, 0.29) is 0 Å². The lowest BCUT2D eigenvalue weighted by Gasteiger charge is -2.15. The zero-order valence-electron chi connectivity index (χ0n) is 15.9. The predicted octanol–water partition coefficient (Wildman–Crippen LogP) is 7.47. The molecule has 1 aromatic rings. The Labute approximate surface area is 171 Å². The normalized spacial score (nSPS) is 10.6. The third-order valence-corrected chi connectivity index (χ3v) is 7.53. The second kappa shape index (κ2) is 14.0. The lowest BCUT2D eigenvalue weighted by Crippen LogP contribution is -1.95. The fourth-order valence-corrected chi connectivity index (χ4v) is 6.40. The molecular formula is C20H30OS4. The molecule has 5 heteroatoms. The Kier molecular flexibility index (Phi) is 12.9. The Morgan fingerprint density at radius 1 is 0.800 bits per heavy atom. The highest BCUT2D eigenvalue weighted by molar-refractivity contribution is 8.22. The Morgan fingerprint density at radius 3 is 1.52 bits per heavy atom. The number of thioether (sulfide) groups is 4. The fourth-order valence-electron chi connectivity index (χ4n) is 2.20. The summed E-state index contributed by atoms with van der Waals surface area (Å²) in [6.45, 7) is 8.88. The maximum Gasteiger partial charge on any atom is 0.118 e. The average Bonchev–Trinajstić information content (AvgIpc) is 2.62. The van der Waals surface area contributed by atoms with Gasteiger partial charge >= 0.3 is 0 Å². The molecular weight excluding hydrogens is 384 g/mol. The van der Waals surface area contributed by atoms with Crippen LogP contribution in [-0.4, -0.2) is 30.1 Å². The van der Waals surface area contributed by atoms with Crippen molar-refractivity contribution in [3.63, 3.8) is 0 Å². The molecule has 0 bridgehead atoms. The van der Waals surface area contributed by atoms with Crippen molar-refractivity contribution in [2.45, 2.75) is 33.6 Å². The van der Waals surface area contributed by atoms with Crippen molar-refractivity contribution in [1.82, 2.24) is 0 Å². The van der Waals surface area contributed by atoms with Crippen molar-refractivity contribution < 1.29 is 4.74 Å². The van der Waals surface area contributed by atoms with Gasteiger partial charge in [-0.15, -0.1) is 47.0 Å². The summed E-state index contributed by atoms with van der Waals surface area (Å²) in [6, 6.07) is 8.49. The minimum absolute atomic E-state index is 0.298. The van der Waals surface area contributed by atoms with Crippen molar-refractivity contribution in [3.8, 4) is 5.75 Å². The second-order valence-corrected chi connectivity index (χ2v) is 10.7. The van der Waals surface area contributed by atoms with Crippen LogP contribution in [0, 0.1) is 0 Å². The van der Waals surface area contributed by atoms with Crippen molar-refractivity contribution in [2.75, 3.05) is 30.1 Å². The summed E-state index contributed by atoms with van der Waals surface area (Å²) in [5.74, 6) is 5.65. The molecule has 0 saturated heterocycles. The molecule has 0 N–H and O–H groups in total. The van der Waals surface area contributed by atoms with Crippen molar-refractivity contribution in [2.24, 2.45) is 0 Å². The van der Waals surface area contributed by atoms with Crippen molar-refractivity contribution >= 4 is 47.0 Å². The molecule has 0 spiro atoms. The number of ether oxygens (including phenoxy) is 1. The van der Waals surface area contributed by atoms with Gasteiger partial charge in [-0.1, -0.05) is 52.0 Å². The fraction of sp³-hybridized carbons (Fsp3) is 0.500. The molecule has 0 aliphatic carbocycles. The number of rotatable bonds is 12. The molecule has 140 valence electrons. The molecule has 0 atom stereocenters. The monoisotopic (exact) mass is 414 g/mol. The maximum atomic E-state index is 5.32. The van der Waals surface area contributed by atoms with Crippen molar-refractivity contribution in [3.05, 3.63) is 50.5 Å². The van der Waals surface area contributed by atoms with Gasteiger partial charge in [0, 0.05) is 14.4 Å². The van der Waals surface area contributed by atoms with E-state index in [9.17, 15) is 0 Å². The zero-order chi connectivity index (χ0) is 18.5. The van der Waals surface area contributed by atoms with Crippen LogP contribution in [0.4, 0.5) is 0 Å². The van der Waals surface area contributed by atoms with E-state index >= 15 is 0 Å². The van der Waals surface area contributed by atoms with E-state index in [1.54, 1.807) is 7.11 Å². The lowest BCUT2D eigenvalue weighted by atomic mass is 9.99. The second-order valence-electron chi connectivity index (χ2n) is 5.00. The Bertz CT molecular complexity index is 495. The van der Waals surface area contributed by atoms with Gasteiger partial charge in [0.1, 0.15) is 5.75 Å². The summed E-state index contributed by atoms with van der Waals surface area (Å²) < 4.78 is 8.16. The minimum atomic E-state index is 0.298. The van der Waals surface area contributed by atoms with Gasteiger partial charge in [-0.2, -0.15) is 0 Å². The lowest BCUT2D eigenvalue weighted by molar-refractivity contribution is 0.414. The van der Waals surface area contributed by atoms with Gasteiger partial charge in [0.15, 0.2) is 0 Å². The first-order chi connectivity index (χ1) is 12.2. The van der Waals surface area contributed by atoms with E-state index < -0.39 is 0 Å². The topological polar surface area (TPSA) is 9.23 Å². The zero-order valence-corrected chi connectivity index (χ0v) is 19.2. The maximum absolute atomic E-state index is 5.32. The molecule has 0 aliphatic rings. The summed E-state index contributed by atoms with van der Waals surface area (Å²) in [6.07, 6.45) is 4.85. The third-order valence-electron chi connectivity index (χ3n) is 3.28. The smallest absolute Gasteiger partial charge is 0.118 e. The minimum Gasteiger partial charge on any atom is -0.497 e. The largest absolute Gasteiger partial charge is 0.497 e. The Hall–Kier alpha value is -0.100. The molecule has 0 radical (unpaired) electrons. The van der Waals surface area contributed by atoms with Crippen LogP contribution in [-0.2, 0) is 0 Å². The highest BCUT2D eigenvalue weighted by Gasteiger charge is 2.11. The van der Waals surface area contributed by atoms with Crippen LogP contribution in [0.1, 0.15) is 39.2 Å². The number of hydrogen-bond acceptors (Lipinski definition) is 5. The van der Waals surface area contributed by atoms with E-state index in [0.717, 1.165) is 28.8 Å². The van der Waals surface area contributed by atoms with Gasteiger partial charge < -0.3 is 4.74 Å².